The zero-order chi connectivity index (χ0) is 18.5. The maximum absolute atomic E-state index is 11.8. The zero-order valence-corrected chi connectivity index (χ0v) is 16.5. The number of rotatable bonds is 6. The van der Waals surface area contributed by atoms with E-state index in [0.717, 1.165) is 27.5 Å². The fraction of sp³-hybridized carbons (Fsp3) is 0.158. The topological polar surface area (TPSA) is 73.9 Å². The van der Waals surface area contributed by atoms with E-state index in [0.29, 0.717) is 23.9 Å². The minimum Gasteiger partial charge on any atom is -0.490 e. The molecule has 1 heterocycles. The van der Waals surface area contributed by atoms with E-state index in [1.165, 1.54) is 5.56 Å². The number of benzene rings is 2. The molecule has 1 aliphatic heterocycles. The van der Waals surface area contributed by atoms with Crippen LogP contribution in [0.5, 0.6) is 11.5 Å². The quantitative estimate of drug-likeness (QED) is 0.548. The molecule has 1 aliphatic rings. The van der Waals surface area contributed by atoms with E-state index in [4.69, 9.17) is 15.2 Å². The standard InChI is InChI=1S/C19H17BrN2O3S/c1-12-2-5-15(6-3-12)24-8-9-25-16-7-4-14(20)10-13(16)11-17-18(23)22-19(21)26-17/h2-7,10-11H,8-9H2,1H3,(H2,21,22,23). The van der Waals surface area contributed by atoms with Crippen molar-refractivity contribution in [2.75, 3.05) is 13.2 Å². The maximum atomic E-state index is 11.8. The van der Waals surface area contributed by atoms with Gasteiger partial charge in [-0.15, -0.1) is 0 Å². The average molecular weight is 433 g/mol. The fourth-order valence-corrected chi connectivity index (χ4v) is 3.33. The van der Waals surface area contributed by atoms with Gasteiger partial charge in [0, 0.05) is 10.0 Å². The van der Waals surface area contributed by atoms with Crippen LogP contribution in [0.2, 0.25) is 0 Å². The molecule has 0 bridgehead atoms. The normalized spacial score (nSPS) is 15.2. The maximum Gasteiger partial charge on any atom is 0.286 e. The van der Waals surface area contributed by atoms with Crippen LogP contribution in [0.3, 0.4) is 0 Å². The predicted octanol–water partition coefficient (Wildman–Crippen LogP) is 4.14. The van der Waals surface area contributed by atoms with Crippen LogP contribution in [0.4, 0.5) is 0 Å². The first-order valence-electron chi connectivity index (χ1n) is 7.91. The minimum absolute atomic E-state index is 0.255. The molecule has 0 saturated heterocycles. The van der Waals surface area contributed by atoms with Gasteiger partial charge in [0.15, 0.2) is 5.17 Å². The van der Waals surface area contributed by atoms with Gasteiger partial charge in [0.25, 0.3) is 5.91 Å². The van der Waals surface area contributed by atoms with Gasteiger partial charge in [-0.2, -0.15) is 4.99 Å². The summed E-state index contributed by atoms with van der Waals surface area (Å²) in [6.07, 6.45) is 1.73. The highest BCUT2D eigenvalue weighted by atomic mass is 79.9. The zero-order valence-electron chi connectivity index (χ0n) is 14.1. The molecule has 0 aliphatic carbocycles. The van der Waals surface area contributed by atoms with Crippen LogP contribution in [0, 0.1) is 6.92 Å². The summed E-state index contributed by atoms with van der Waals surface area (Å²) in [6.45, 7) is 2.83. The number of hydrogen-bond acceptors (Lipinski definition) is 5. The van der Waals surface area contributed by atoms with E-state index in [9.17, 15) is 4.79 Å². The van der Waals surface area contributed by atoms with Crippen LogP contribution in [0.1, 0.15) is 11.1 Å². The predicted molar refractivity (Wildman–Crippen MR) is 109 cm³/mol. The summed E-state index contributed by atoms with van der Waals surface area (Å²) in [5.74, 6) is 1.13. The second-order valence-electron chi connectivity index (χ2n) is 5.56. The third kappa shape index (κ3) is 4.89. The third-order valence-corrected chi connectivity index (χ3v) is 4.83. The number of nitrogens with two attached hydrogens (primary N) is 1. The second-order valence-corrected chi connectivity index (χ2v) is 7.54. The highest BCUT2D eigenvalue weighted by Gasteiger charge is 2.20. The Morgan fingerprint density at radius 2 is 1.88 bits per heavy atom. The molecule has 1 amide bonds. The number of carbonyl (C=O) groups is 1. The Hall–Kier alpha value is -2.25. The molecular formula is C19H17BrN2O3S. The summed E-state index contributed by atoms with van der Waals surface area (Å²) in [7, 11) is 0. The lowest BCUT2D eigenvalue weighted by Crippen LogP contribution is -2.09. The van der Waals surface area contributed by atoms with Gasteiger partial charge in [-0.05, 0) is 55.1 Å². The number of thioether (sulfide) groups is 1. The molecule has 2 N–H and O–H groups in total. The fourth-order valence-electron chi connectivity index (χ4n) is 2.28. The van der Waals surface area contributed by atoms with Crippen molar-refractivity contribution in [1.29, 1.82) is 0 Å². The van der Waals surface area contributed by atoms with E-state index in [-0.39, 0.29) is 11.1 Å². The highest BCUT2D eigenvalue weighted by Crippen LogP contribution is 2.31. The molecule has 3 rings (SSSR count). The summed E-state index contributed by atoms with van der Waals surface area (Å²) >= 11 is 4.59. The van der Waals surface area contributed by atoms with Gasteiger partial charge in [-0.25, -0.2) is 0 Å². The molecule has 2 aromatic rings. The van der Waals surface area contributed by atoms with Crippen LogP contribution in [0.15, 0.2) is 56.8 Å². The molecule has 7 heteroatoms. The number of nitrogens with zero attached hydrogens (tertiary/aromatic N) is 1. The number of ether oxygens (including phenoxy) is 2. The van der Waals surface area contributed by atoms with Crippen molar-refractivity contribution in [3.63, 3.8) is 0 Å². The average Bonchev–Trinajstić information content (AvgIpc) is 2.92. The van der Waals surface area contributed by atoms with E-state index < -0.39 is 0 Å². The molecule has 0 spiro atoms. The number of hydrogen-bond donors (Lipinski definition) is 1. The van der Waals surface area contributed by atoms with E-state index in [1.54, 1.807) is 6.08 Å². The first-order valence-corrected chi connectivity index (χ1v) is 9.52. The van der Waals surface area contributed by atoms with E-state index in [1.807, 2.05) is 49.4 Å². The van der Waals surface area contributed by atoms with Crippen LogP contribution in [-0.4, -0.2) is 24.3 Å². The van der Waals surface area contributed by atoms with Crippen molar-refractivity contribution in [2.24, 2.45) is 10.7 Å². The van der Waals surface area contributed by atoms with Gasteiger partial charge in [-0.3, -0.25) is 4.79 Å². The van der Waals surface area contributed by atoms with Gasteiger partial charge < -0.3 is 15.2 Å². The largest absolute Gasteiger partial charge is 0.490 e. The lowest BCUT2D eigenvalue weighted by molar-refractivity contribution is -0.113. The van der Waals surface area contributed by atoms with Gasteiger partial charge in [0.05, 0.1) is 4.91 Å². The number of amides is 1. The molecule has 5 nitrogen and oxygen atoms in total. The van der Waals surface area contributed by atoms with Crippen molar-refractivity contribution < 1.29 is 14.3 Å². The number of carbonyl (C=O) groups excluding carboxylic acids is 1. The Kier molecular flexibility index (Phi) is 6.00. The molecule has 0 unspecified atom stereocenters. The number of aliphatic imine (C=N–C) groups is 1. The number of aryl methyl sites for hydroxylation is 1. The molecule has 0 saturated carbocycles. The Bertz CT molecular complexity index is 879. The van der Waals surface area contributed by atoms with Gasteiger partial charge in [0.2, 0.25) is 0 Å². The number of amidine groups is 1. The molecule has 0 aromatic heterocycles. The lowest BCUT2D eigenvalue weighted by Gasteiger charge is -2.11. The van der Waals surface area contributed by atoms with Crippen molar-refractivity contribution in [3.8, 4) is 11.5 Å². The Balaban J connectivity index is 1.64. The SMILES string of the molecule is Cc1ccc(OCCOc2ccc(Br)cc2C=C2SC(N)=NC2=O)cc1. The van der Waals surface area contributed by atoms with Crippen molar-refractivity contribution in [3.05, 3.63) is 63.0 Å². The number of halogens is 1. The molecular weight excluding hydrogens is 416 g/mol. The molecule has 0 radical (unpaired) electrons. The van der Waals surface area contributed by atoms with Crippen LogP contribution >= 0.6 is 27.7 Å². The van der Waals surface area contributed by atoms with Gasteiger partial charge >= 0.3 is 0 Å². The summed E-state index contributed by atoms with van der Waals surface area (Å²) in [6, 6.07) is 13.5. The molecule has 26 heavy (non-hydrogen) atoms. The van der Waals surface area contributed by atoms with Crippen LogP contribution in [0.25, 0.3) is 6.08 Å². The monoisotopic (exact) mass is 432 g/mol. The van der Waals surface area contributed by atoms with Gasteiger partial charge in [-0.1, -0.05) is 33.6 Å². The van der Waals surface area contributed by atoms with Gasteiger partial charge in [0.1, 0.15) is 24.7 Å². The van der Waals surface area contributed by atoms with Crippen molar-refractivity contribution >= 4 is 44.8 Å². The van der Waals surface area contributed by atoms with Crippen LogP contribution < -0.4 is 15.2 Å². The molecule has 134 valence electrons. The van der Waals surface area contributed by atoms with Crippen molar-refractivity contribution in [2.45, 2.75) is 6.92 Å². The third-order valence-electron chi connectivity index (χ3n) is 3.53. The Labute approximate surface area is 164 Å². The first-order chi connectivity index (χ1) is 12.5. The Morgan fingerprint density at radius 3 is 2.58 bits per heavy atom. The molecule has 0 fully saturated rings. The summed E-state index contributed by atoms with van der Waals surface area (Å²) in [5.41, 5.74) is 7.55. The summed E-state index contributed by atoms with van der Waals surface area (Å²) in [4.78, 5) is 16.0. The summed E-state index contributed by atoms with van der Waals surface area (Å²) in [5, 5.41) is 0.255. The first kappa shape index (κ1) is 18.5. The van der Waals surface area contributed by atoms with Crippen LogP contribution in [-0.2, 0) is 4.79 Å². The van der Waals surface area contributed by atoms with E-state index >= 15 is 0 Å². The summed E-state index contributed by atoms with van der Waals surface area (Å²) < 4.78 is 12.4. The molecule has 0 atom stereocenters. The Morgan fingerprint density at radius 1 is 1.15 bits per heavy atom. The smallest absolute Gasteiger partial charge is 0.286 e. The molecule has 2 aromatic carbocycles. The highest BCUT2D eigenvalue weighted by molar-refractivity contribution is 9.10. The second kappa shape index (κ2) is 8.42. The van der Waals surface area contributed by atoms with E-state index in [2.05, 4.69) is 20.9 Å². The van der Waals surface area contributed by atoms with Crippen molar-refractivity contribution in [1.82, 2.24) is 0 Å². The minimum atomic E-state index is -0.332. The lowest BCUT2D eigenvalue weighted by atomic mass is 10.2.